The highest BCUT2D eigenvalue weighted by atomic mass is 19.1. The summed E-state index contributed by atoms with van der Waals surface area (Å²) in [4.78, 5) is 14.3. The van der Waals surface area contributed by atoms with Crippen molar-refractivity contribution in [2.75, 3.05) is 19.3 Å². The van der Waals surface area contributed by atoms with Crippen LogP contribution in [0.4, 0.5) is 10.1 Å². The van der Waals surface area contributed by atoms with Gasteiger partial charge in [-0.3, -0.25) is 0 Å². The summed E-state index contributed by atoms with van der Waals surface area (Å²) in [5.41, 5.74) is 3.12. The topological polar surface area (TPSA) is 56.7 Å². The van der Waals surface area contributed by atoms with Crippen LogP contribution >= 0.6 is 0 Å². The largest absolute Gasteiger partial charge is 0.497 e. The van der Waals surface area contributed by atoms with Crippen molar-refractivity contribution in [2.24, 2.45) is 0 Å². The fraction of sp³-hybridized carbons (Fsp3) is 0.143. The Labute approximate surface area is 161 Å². The maximum absolute atomic E-state index is 13.4. The Kier molecular flexibility index (Phi) is 4.80. The van der Waals surface area contributed by atoms with Crippen LogP contribution in [0.5, 0.6) is 11.5 Å². The lowest BCUT2D eigenvalue weighted by molar-refractivity contribution is 0.220. The highest BCUT2D eigenvalue weighted by molar-refractivity contribution is 5.77. The van der Waals surface area contributed by atoms with Gasteiger partial charge in [0.2, 0.25) is 0 Å². The van der Waals surface area contributed by atoms with E-state index in [2.05, 4.69) is 9.97 Å². The van der Waals surface area contributed by atoms with Crippen molar-refractivity contribution in [1.82, 2.24) is 9.97 Å². The molecule has 0 saturated heterocycles. The van der Waals surface area contributed by atoms with E-state index in [1.807, 2.05) is 18.2 Å². The molecule has 0 radical (unpaired) electrons. The number of benzene rings is 2. The predicted molar refractivity (Wildman–Crippen MR) is 102 cm³/mol. The molecule has 0 bridgehead atoms. The first-order chi connectivity index (χ1) is 13.7. The molecular formula is C21H18FN3O3. The first-order valence-corrected chi connectivity index (χ1v) is 8.61. The van der Waals surface area contributed by atoms with Crippen LogP contribution in [0.3, 0.4) is 0 Å². The molecule has 6 nitrogen and oxygen atoms in total. The van der Waals surface area contributed by atoms with Crippen LogP contribution in [0.1, 0.15) is 17.3 Å². The lowest BCUT2D eigenvalue weighted by atomic mass is 9.97. The van der Waals surface area contributed by atoms with E-state index < -0.39 is 0 Å². The maximum atomic E-state index is 13.4. The van der Waals surface area contributed by atoms with Crippen LogP contribution in [0.2, 0.25) is 0 Å². The van der Waals surface area contributed by atoms with Crippen LogP contribution in [0.15, 0.2) is 67.3 Å². The molecule has 0 amide bonds. The van der Waals surface area contributed by atoms with E-state index in [0.717, 1.165) is 16.8 Å². The highest BCUT2D eigenvalue weighted by Crippen LogP contribution is 2.45. The monoisotopic (exact) mass is 379 g/mol. The Morgan fingerprint density at radius 1 is 1.04 bits per heavy atom. The number of hydrogen-bond donors (Lipinski definition) is 0. The van der Waals surface area contributed by atoms with Gasteiger partial charge >= 0.3 is 0 Å². The molecule has 1 unspecified atom stereocenters. The molecule has 0 fully saturated rings. The average molecular weight is 379 g/mol. The molecule has 1 atom stereocenters. The second kappa shape index (κ2) is 7.56. The molecule has 0 aliphatic carbocycles. The number of hydroxylamine groups is 1. The van der Waals surface area contributed by atoms with E-state index in [0.29, 0.717) is 17.2 Å². The number of ether oxygens (including phenoxy) is 2. The summed E-state index contributed by atoms with van der Waals surface area (Å²) >= 11 is 0. The van der Waals surface area contributed by atoms with E-state index in [1.54, 1.807) is 49.9 Å². The third-order valence-corrected chi connectivity index (χ3v) is 4.51. The molecule has 0 N–H and O–H groups in total. The summed E-state index contributed by atoms with van der Waals surface area (Å²) in [6.07, 6.45) is 4.80. The van der Waals surface area contributed by atoms with Gasteiger partial charge in [-0.25, -0.2) is 14.4 Å². The molecule has 1 aromatic heterocycles. The molecule has 2 aromatic carbocycles. The van der Waals surface area contributed by atoms with E-state index >= 15 is 0 Å². The van der Waals surface area contributed by atoms with Gasteiger partial charge in [0.1, 0.15) is 41.6 Å². The standard InChI is InChI=1S/C21H18FN3O3/c1-26-16-7-8-19(20(11-16)27-2)25-21(18-9-10-23-13-24-18)17(12-28-25)14-3-5-15(22)6-4-14/h3-13,21H,1-2H3. The van der Waals surface area contributed by atoms with Crippen LogP contribution in [-0.2, 0) is 4.84 Å². The lowest BCUT2D eigenvalue weighted by Crippen LogP contribution is -2.24. The van der Waals surface area contributed by atoms with Gasteiger partial charge in [-0.15, -0.1) is 0 Å². The quantitative estimate of drug-likeness (QED) is 0.663. The molecule has 3 aromatic rings. The average Bonchev–Trinajstić information content (AvgIpc) is 3.19. The molecule has 142 valence electrons. The zero-order valence-corrected chi connectivity index (χ0v) is 15.4. The van der Waals surface area contributed by atoms with Crippen LogP contribution in [0.25, 0.3) is 5.57 Å². The van der Waals surface area contributed by atoms with Crippen LogP contribution in [-0.4, -0.2) is 24.2 Å². The van der Waals surface area contributed by atoms with E-state index in [1.165, 1.54) is 18.5 Å². The zero-order chi connectivity index (χ0) is 19.5. The lowest BCUT2D eigenvalue weighted by Gasteiger charge is -2.27. The third-order valence-electron chi connectivity index (χ3n) is 4.51. The SMILES string of the molecule is COc1ccc(N2OC=C(c3ccc(F)cc3)C2c2ccncn2)c(OC)c1. The number of methoxy groups -OCH3 is 2. The summed E-state index contributed by atoms with van der Waals surface area (Å²) in [6.45, 7) is 0. The van der Waals surface area contributed by atoms with Crippen molar-refractivity contribution in [1.29, 1.82) is 0 Å². The summed E-state index contributed by atoms with van der Waals surface area (Å²) in [5, 5.41) is 1.71. The fourth-order valence-electron chi connectivity index (χ4n) is 3.14. The molecule has 1 aliphatic heterocycles. The Morgan fingerprint density at radius 2 is 1.86 bits per heavy atom. The van der Waals surface area contributed by atoms with Crippen molar-refractivity contribution < 1.29 is 18.7 Å². The van der Waals surface area contributed by atoms with Crippen molar-refractivity contribution in [3.63, 3.8) is 0 Å². The van der Waals surface area contributed by atoms with Gasteiger partial charge in [0.25, 0.3) is 0 Å². The summed E-state index contributed by atoms with van der Waals surface area (Å²) in [7, 11) is 3.18. The normalized spacial score (nSPS) is 15.8. The zero-order valence-electron chi connectivity index (χ0n) is 15.4. The molecule has 0 saturated carbocycles. The number of rotatable bonds is 5. The number of hydrogen-bond acceptors (Lipinski definition) is 6. The highest BCUT2D eigenvalue weighted by Gasteiger charge is 2.35. The van der Waals surface area contributed by atoms with Gasteiger partial charge < -0.3 is 14.3 Å². The van der Waals surface area contributed by atoms with E-state index in [-0.39, 0.29) is 11.9 Å². The first-order valence-electron chi connectivity index (χ1n) is 8.61. The first kappa shape index (κ1) is 17.8. The van der Waals surface area contributed by atoms with Crippen molar-refractivity contribution in [3.8, 4) is 11.5 Å². The summed E-state index contributed by atoms with van der Waals surface area (Å²) in [5.74, 6) is 0.966. The van der Waals surface area contributed by atoms with Crippen LogP contribution < -0.4 is 14.5 Å². The Hall–Kier alpha value is -3.61. The van der Waals surface area contributed by atoms with E-state index in [9.17, 15) is 4.39 Å². The van der Waals surface area contributed by atoms with Crippen LogP contribution in [0, 0.1) is 5.82 Å². The molecule has 2 heterocycles. The maximum Gasteiger partial charge on any atom is 0.149 e. The number of nitrogens with zero attached hydrogens (tertiary/aromatic N) is 3. The Balaban J connectivity index is 1.79. The van der Waals surface area contributed by atoms with Gasteiger partial charge in [0.15, 0.2) is 0 Å². The third kappa shape index (κ3) is 3.22. The smallest absolute Gasteiger partial charge is 0.149 e. The predicted octanol–water partition coefficient (Wildman–Crippen LogP) is 4.17. The van der Waals surface area contributed by atoms with Crippen molar-refractivity contribution in [2.45, 2.75) is 6.04 Å². The number of halogens is 1. The molecule has 7 heteroatoms. The Bertz CT molecular complexity index is 994. The number of aromatic nitrogens is 2. The van der Waals surface area contributed by atoms with Crippen molar-refractivity contribution in [3.05, 3.63) is 84.4 Å². The second-order valence-electron chi connectivity index (χ2n) is 6.09. The van der Waals surface area contributed by atoms with Crippen molar-refractivity contribution >= 4 is 11.3 Å². The summed E-state index contributed by atoms with van der Waals surface area (Å²) < 4.78 is 24.2. The second-order valence-corrected chi connectivity index (χ2v) is 6.09. The molecule has 4 rings (SSSR count). The minimum Gasteiger partial charge on any atom is -0.497 e. The fourth-order valence-corrected chi connectivity index (χ4v) is 3.14. The van der Waals surface area contributed by atoms with Gasteiger partial charge in [-0.1, -0.05) is 12.1 Å². The Morgan fingerprint density at radius 3 is 2.54 bits per heavy atom. The van der Waals surface area contributed by atoms with Gasteiger partial charge in [-0.05, 0) is 35.9 Å². The summed E-state index contributed by atoms with van der Waals surface area (Å²) in [6, 6.07) is 13.2. The molecule has 1 aliphatic rings. The van der Waals surface area contributed by atoms with Gasteiger partial charge in [-0.2, -0.15) is 5.06 Å². The number of anilines is 1. The molecular weight excluding hydrogens is 361 g/mol. The van der Waals surface area contributed by atoms with E-state index in [4.69, 9.17) is 14.3 Å². The van der Waals surface area contributed by atoms with Gasteiger partial charge in [0, 0.05) is 17.8 Å². The molecule has 28 heavy (non-hydrogen) atoms. The minimum absolute atomic E-state index is 0.296. The van der Waals surface area contributed by atoms with Gasteiger partial charge in [0.05, 0.1) is 19.9 Å². The molecule has 0 spiro atoms. The minimum atomic E-state index is -0.365.